The Hall–Kier alpha value is -2.08. The molecule has 0 unspecified atom stereocenters. The second kappa shape index (κ2) is 5.71. The summed E-state index contributed by atoms with van der Waals surface area (Å²) >= 11 is 1.34. The van der Waals surface area contributed by atoms with Gasteiger partial charge in [0.15, 0.2) is 5.17 Å². The summed E-state index contributed by atoms with van der Waals surface area (Å²) in [5, 5.41) is 9.49. The average Bonchev–Trinajstić information content (AvgIpc) is 2.72. The molecule has 1 heterocycles. The van der Waals surface area contributed by atoms with Crippen LogP contribution in [-0.2, 0) is 4.79 Å². The Morgan fingerprint density at radius 1 is 1.58 bits per heavy atom. The number of amidine groups is 1. The van der Waals surface area contributed by atoms with Gasteiger partial charge in [-0.1, -0.05) is 23.9 Å². The Morgan fingerprint density at radius 2 is 2.37 bits per heavy atom. The number of nitrogens with zero attached hydrogens (tertiary/aromatic N) is 2. The molecule has 1 aromatic carbocycles. The quantitative estimate of drug-likeness (QED) is 0.855. The fourth-order valence-electron chi connectivity index (χ4n) is 1.61. The highest BCUT2D eigenvalue weighted by Crippen LogP contribution is 2.24. The van der Waals surface area contributed by atoms with E-state index in [-0.39, 0.29) is 11.5 Å². The highest BCUT2D eigenvalue weighted by Gasteiger charge is 2.26. The van der Waals surface area contributed by atoms with Crippen LogP contribution in [0.4, 0.5) is 5.69 Å². The smallest absolute Gasteiger partial charge is 0.335 e. The molecule has 19 heavy (non-hydrogen) atoms. The maximum Gasteiger partial charge on any atom is 0.335 e. The molecule has 1 aliphatic heterocycles. The molecule has 98 valence electrons. The van der Waals surface area contributed by atoms with Gasteiger partial charge in [-0.05, 0) is 18.2 Å². The van der Waals surface area contributed by atoms with Gasteiger partial charge < -0.3 is 5.11 Å². The van der Waals surface area contributed by atoms with Crippen molar-refractivity contribution in [2.45, 2.75) is 0 Å². The van der Waals surface area contributed by atoms with Crippen LogP contribution in [0.15, 0.2) is 41.9 Å². The Morgan fingerprint density at radius 3 is 3.05 bits per heavy atom. The Bertz CT molecular complexity index is 569. The summed E-state index contributed by atoms with van der Waals surface area (Å²) in [7, 11) is 0. The highest BCUT2D eigenvalue weighted by atomic mass is 32.2. The topological polar surface area (TPSA) is 70.0 Å². The van der Waals surface area contributed by atoms with Crippen molar-refractivity contribution in [1.29, 1.82) is 0 Å². The van der Waals surface area contributed by atoms with Crippen LogP contribution < -0.4 is 0 Å². The minimum Gasteiger partial charge on any atom is -0.478 e. The first-order chi connectivity index (χ1) is 9.11. The van der Waals surface area contributed by atoms with E-state index < -0.39 is 5.97 Å². The van der Waals surface area contributed by atoms with E-state index in [2.05, 4.69) is 11.6 Å². The van der Waals surface area contributed by atoms with Crippen molar-refractivity contribution in [3.63, 3.8) is 0 Å². The van der Waals surface area contributed by atoms with Crippen LogP contribution in [0.3, 0.4) is 0 Å². The van der Waals surface area contributed by atoms with Gasteiger partial charge in [-0.25, -0.2) is 9.79 Å². The number of carboxylic acids is 1. The predicted molar refractivity (Wildman–Crippen MR) is 74.9 cm³/mol. The predicted octanol–water partition coefficient (Wildman–Crippen LogP) is 2.13. The number of hydrogen-bond acceptors (Lipinski definition) is 4. The lowest BCUT2D eigenvalue weighted by molar-refractivity contribution is -0.123. The zero-order valence-corrected chi connectivity index (χ0v) is 10.9. The highest BCUT2D eigenvalue weighted by molar-refractivity contribution is 8.15. The summed E-state index contributed by atoms with van der Waals surface area (Å²) in [5.74, 6) is -0.663. The van der Waals surface area contributed by atoms with Gasteiger partial charge >= 0.3 is 5.97 Å². The molecule has 0 aliphatic carbocycles. The number of carbonyl (C=O) groups is 2. The minimum absolute atomic E-state index is 0.0157. The van der Waals surface area contributed by atoms with Crippen LogP contribution in [0.2, 0.25) is 0 Å². The first-order valence-electron chi connectivity index (χ1n) is 5.58. The Labute approximate surface area is 114 Å². The molecule has 6 heteroatoms. The van der Waals surface area contributed by atoms with Crippen molar-refractivity contribution in [2.24, 2.45) is 4.99 Å². The van der Waals surface area contributed by atoms with Gasteiger partial charge in [0.25, 0.3) is 0 Å². The van der Waals surface area contributed by atoms with Crippen molar-refractivity contribution in [3.8, 4) is 0 Å². The standard InChI is InChI=1S/C13H12N2O3S/c1-2-6-15-11(16)8-19-13(15)14-10-5-3-4-9(7-10)12(17)18/h2-5,7H,1,6,8H2,(H,17,18). The third-order valence-electron chi connectivity index (χ3n) is 2.49. The number of aromatic carboxylic acids is 1. The second-order valence-electron chi connectivity index (χ2n) is 3.83. The second-order valence-corrected chi connectivity index (χ2v) is 4.77. The Kier molecular flexibility index (Phi) is 4.01. The summed E-state index contributed by atoms with van der Waals surface area (Å²) < 4.78 is 0. The van der Waals surface area contributed by atoms with Crippen LogP contribution >= 0.6 is 11.8 Å². The van der Waals surface area contributed by atoms with Crippen molar-refractivity contribution < 1.29 is 14.7 Å². The molecule has 1 N–H and O–H groups in total. The third-order valence-corrected chi connectivity index (χ3v) is 3.45. The number of thioether (sulfide) groups is 1. The molecule has 0 saturated carbocycles. The number of rotatable bonds is 4. The summed E-state index contributed by atoms with van der Waals surface area (Å²) in [6, 6.07) is 6.31. The largest absolute Gasteiger partial charge is 0.478 e. The molecule has 0 spiro atoms. The zero-order chi connectivity index (χ0) is 13.8. The number of carbonyl (C=O) groups excluding carboxylic acids is 1. The van der Waals surface area contributed by atoms with E-state index >= 15 is 0 Å². The summed E-state index contributed by atoms with van der Waals surface area (Å²) in [6.45, 7) is 4.01. The number of amides is 1. The normalized spacial score (nSPS) is 16.9. The van der Waals surface area contributed by atoms with Gasteiger partial charge in [0.1, 0.15) is 0 Å². The van der Waals surface area contributed by atoms with Gasteiger partial charge in [0, 0.05) is 6.54 Å². The molecule has 1 fully saturated rings. The van der Waals surface area contributed by atoms with Crippen molar-refractivity contribution in [2.75, 3.05) is 12.3 Å². The molecule has 0 radical (unpaired) electrons. The van der Waals surface area contributed by atoms with Crippen molar-refractivity contribution >= 4 is 34.5 Å². The first kappa shape index (κ1) is 13.4. The lowest BCUT2D eigenvalue weighted by atomic mass is 10.2. The molecule has 1 aliphatic rings. The van der Waals surface area contributed by atoms with Crippen molar-refractivity contribution in [1.82, 2.24) is 4.90 Å². The molecule has 0 atom stereocenters. The molecule has 2 rings (SSSR count). The van der Waals surface area contributed by atoms with Gasteiger partial charge in [0.05, 0.1) is 17.0 Å². The van der Waals surface area contributed by atoms with Crippen LogP contribution in [0.25, 0.3) is 0 Å². The van der Waals surface area contributed by atoms with Gasteiger partial charge in [0.2, 0.25) is 5.91 Å². The van der Waals surface area contributed by atoms with E-state index in [1.165, 1.54) is 28.8 Å². The Balaban J connectivity index is 2.29. The average molecular weight is 276 g/mol. The number of carboxylic acid groups (broad SMARTS) is 1. The maximum atomic E-state index is 11.6. The molecule has 1 amide bonds. The van der Waals surface area contributed by atoms with Crippen LogP contribution in [-0.4, -0.2) is 39.3 Å². The summed E-state index contributed by atoms with van der Waals surface area (Å²) in [5.41, 5.74) is 0.692. The molecule has 5 nitrogen and oxygen atoms in total. The molecule has 1 aromatic rings. The van der Waals surface area contributed by atoms with Crippen molar-refractivity contribution in [3.05, 3.63) is 42.5 Å². The number of hydrogen-bond donors (Lipinski definition) is 1. The summed E-state index contributed by atoms with van der Waals surface area (Å²) in [6.07, 6.45) is 1.63. The van der Waals surface area contributed by atoms with E-state index in [1.54, 1.807) is 18.2 Å². The SMILES string of the molecule is C=CCN1C(=O)CSC1=Nc1cccc(C(=O)O)c1. The van der Waals surface area contributed by atoms with Crippen LogP contribution in [0.1, 0.15) is 10.4 Å². The molecule has 1 saturated heterocycles. The third kappa shape index (κ3) is 3.03. The molecule has 0 bridgehead atoms. The fraction of sp³-hybridized carbons (Fsp3) is 0.154. The van der Waals surface area contributed by atoms with Crippen LogP contribution in [0.5, 0.6) is 0 Å². The van der Waals surface area contributed by atoms with E-state index in [1.807, 2.05) is 0 Å². The zero-order valence-electron chi connectivity index (χ0n) is 10.1. The van der Waals surface area contributed by atoms with E-state index in [4.69, 9.17) is 5.11 Å². The number of benzene rings is 1. The molecular weight excluding hydrogens is 264 g/mol. The minimum atomic E-state index is -1.000. The molecular formula is C13H12N2O3S. The van der Waals surface area contributed by atoms with Crippen LogP contribution in [0, 0.1) is 0 Å². The van der Waals surface area contributed by atoms with E-state index in [9.17, 15) is 9.59 Å². The summed E-state index contributed by atoms with van der Waals surface area (Å²) in [4.78, 5) is 28.4. The lowest BCUT2D eigenvalue weighted by Gasteiger charge is -2.12. The number of aliphatic imine (C=N–C) groups is 1. The van der Waals surface area contributed by atoms with Gasteiger partial charge in [-0.2, -0.15) is 0 Å². The first-order valence-corrected chi connectivity index (χ1v) is 6.56. The lowest BCUT2D eigenvalue weighted by Crippen LogP contribution is -2.29. The van der Waals surface area contributed by atoms with Gasteiger partial charge in [-0.15, -0.1) is 6.58 Å². The monoisotopic (exact) mass is 276 g/mol. The van der Waals surface area contributed by atoms with Gasteiger partial charge in [-0.3, -0.25) is 9.69 Å². The fourth-order valence-corrected chi connectivity index (χ4v) is 2.52. The van der Waals surface area contributed by atoms with E-state index in [0.717, 1.165) is 0 Å². The van der Waals surface area contributed by atoms with E-state index in [0.29, 0.717) is 23.2 Å². The maximum absolute atomic E-state index is 11.6. The molecule has 0 aromatic heterocycles.